The van der Waals surface area contributed by atoms with Gasteiger partial charge in [-0.15, -0.1) is 0 Å². The second kappa shape index (κ2) is 10.2. The molecule has 0 bridgehead atoms. The number of imide groups is 1. The van der Waals surface area contributed by atoms with Crippen molar-refractivity contribution in [3.05, 3.63) is 69.2 Å². The Hall–Kier alpha value is -4.04. The van der Waals surface area contributed by atoms with Crippen molar-refractivity contribution in [3.63, 3.8) is 0 Å². The van der Waals surface area contributed by atoms with Crippen molar-refractivity contribution in [1.29, 1.82) is 0 Å². The van der Waals surface area contributed by atoms with Gasteiger partial charge in [-0.3, -0.25) is 14.9 Å². The van der Waals surface area contributed by atoms with E-state index in [4.69, 9.17) is 9.47 Å². The van der Waals surface area contributed by atoms with Crippen molar-refractivity contribution < 1.29 is 28.7 Å². The Bertz CT molecular complexity index is 1860. The van der Waals surface area contributed by atoms with Crippen LogP contribution in [-0.4, -0.2) is 37.0 Å². The lowest BCUT2D eigenvalue weighted by molar-refractivity contribution is 0.0500. The molecule has 202 valence electrons. The van der Waals surface area contributed by atoms with Gasteiger partial charge in [0.1, 0.15) is 0 Å². The largest absolute Gasteiger partial charge is 0.462 e. The molecule has 0 aromatic heterocycles. The summed E-state index contributed by atoms with van der Waals surface area (Å²) in [7, 11) is 0. The van der Waals surface area contributed by atoms with Gasteiger partial charge in [-0.25, -0.2) is 9.59 Å². The first-order valence-electron chi connectivity index (χ1n) is 13.5. The third kappa shape index (κ3) is 3.92. The Morgan fingerprint density at radius 1 is 0.675 bits per heavy atom. The van der Waals surface area contributed by atoms with Gasteiger partial charge in [-0.05, 0) is 58.7 Å². The van der Waals surface area contributed by atoms with E-state index in [1.165, 1.54) is 0 Å². The summed E-state index contributed by atoms with van der Waals surface area (Å²) >= 11 is 3.68. The highest BCUT2D eigenvalue weighted by Crippen LogP contribution is 2.47. The van der Waals surface area contributed by atoms with Crippen LogP contribution >= 0.6 is 15.9 Å². The summed E-state index contributed by atoms with van der Waals surface area (Å²) in [4.78, 5) is 52.2. The summed E-state index contributed by atoms with van der Waals surface area (Å²) in [6.07, 6.45) is 3.23. The minimum atomic E-state index is -0.503. The van der Waals surface area contributed by atoms with E-state index in [1.807, 2.05) is 32.0 Å². The molecule has 1 N–H and O–H groups in total. The Morgan fingerprint density at radius 3 is 1.85 bits per heavy atom. The lowest BCUT2D eigenvalue weighted by Crippen LogP contribution is -2.34. The summed E-state index contributed by atoms with van der Waals surface area (Å²) in [6, 6.07) is 12.4. The fourth-order valence-electron chi connectivity index (χ4n) is 5.67. The van der Waals surface area contributed by atoms with E-state index in [-0.39, 0.29) is 13.2 Å². The van der Waals surface area contributed by atoms with Crippen molar-refractivity contribution >= 4 is 82.8 Å². The Kier molecular flexibility index (Phi) is 6.66. The number of rotatable bonds is 8. The third-order valence-electron chi connectivity index (χ3n) is 7.57. The van der Waals surface area contributed by atoms with Gasteiger partial charge in [-0.2, -0.15) is 0 Å². The van der Waals surface area contributed by atoms with Gasteiger partial charge in [0.2, 0.25) is 0 Å². The molecule has 1 aliphatic heterocycles. The third-order valence-corrected chi connectivity index (χ3v) is 8.20. The maximum absolute atomic E-state index is 13.3. The van der Waals surface area contributed by atoms with Crippen LogP contribution in [0.15, 0.2) is 46.9 Å². The minimum Gasteiger partial charge on any atom is -0.462 e. The number of halogens is 1. The van der Waals surface area contributed by atoms with Gasteiger partial charge in [0, 0.05) is 37.1 Å². The number of carbonyl (C=O) groups excluding carboxylic acids is 4. The van der Waals surface area contributed by atoms with E-state index in [0.29, 0.717) is 37.5 Å². The number of benzene rings is 5. The topological polar surface area (TPSA) is 98.8 Å². The molecule has 0 unspecified atom stereocenters. The van der Waals surface area contributed by atoms with Crippen LogP contribution in [0.5, 0.6) is 0 Å². The number of esters is 2. The van der Waals surface area contributed by atoms with Crippen molar-refractivity contribution in [1.82, 2.24) is 5.32 Å². The van der Waals surface area contributed by atoms with Gasteiger partial charge in [0.05, 0.1) is 24.3 Å². The molecule has 0 radical (unpaired) electrons. The molecule has 5 aromatic rings. The molecule has 40 heavy (non-hydrogen) atoms. The average Bonchev–Trinajstić information content (AvgIpc) is 2.95. The van der Waals surface area contributed by atoms with Crippen molar-refractivity contribution in [2.45, 2.75) is 39.5 Å². The van der Waals surface area contributed by atoms with E-state index >= 15 is 0 Å². The fraction of sp³-hybridized carbons (Fsp3) is 0.250. The van der Waals surface area contributed by atoms with E-state index < -0.39 is 23.8 Å². The first-order valence-corrected chi connectivity index (χ1v) is 14.3. The predicted molar refractivity (Wildman–Crippen MR) is 158 cm³/mol. The maximum Gasteiger partial charge on any atom is 0.338 e. The molecular formula is C32H26BrNO6. The number of carbonyl (C=O) groups is 4. The van der Waals surface area contributed by atoms with Gasteiger partial charge < -0.3 is 9.47 Å². The van der Waals surface area contributed by atoms with Crippen LogP contribution in [0.1, 0.15) is 81.0 Å². The highest BCUT2D eigenvalue weighted by atomic mass is 79.9. The van der Waals surface area contributed by atoms with Crippen molar-refractivity contribution in [3.8, 4) is 0 Å². The quantitative estimate of drug-likeness (QED) is 0.0660. The van der Waals surface area contributed by atoms with Crippen LogP contribution < -0.4 is 5.32 Å². The molecule has 2 amide bonds. The van der Waals surface area contributed by atoms with Gasteiger partial charge in [-0.1, -0.05) is 60.8 Å². The van der Waals surface area contributed by atoms with Crippen LogP contribution in [0.2, 0.25) is 0 Å². The molecule has 0 fully saturated rings. The molecule has 6 rings (SSSR count). The molecule has 0 spiro atoms. The van der Waals surface area contributed by atoms with Crippen LogP contribution in [0, 0.1) is 0 Å². The first kappa shape index (κ1) is 26.2. The lowest BCUT2D eigenvalue weighted by atomic mass is 9.83. The molecule has 1 heterocycles. The number of hydrogen-bond donors (Lipinski definition) is 1. The second-order valence-corrected chi connectivity index (χ2v) is 10.9. The van der Waals surface area contributed by atoms with Gasteiger partial charge in [0.15, 0.2) is 0 Å². The molecule has 0 saturated carbocycles. The van der Waals surface area contributed by atoms with Crippen LogP contribution in [0.3, 0.4) is 0 Å². The average molecular weight is 600 g/mol. The molecule has 5 aromatic carbocycles. The number of unbranched alkanes of at least 4 members (excludes halogenated alkanes) is 2. The Morgan fingerprint density at radius 2 is 1.23 bits per heavy atom. The lowest BCUT2D eigenvalue weighted by Gasteiger charge is -2.23. The van der Waals surface area contributed by atoms with E-state index in [0.717, 1.165) is 58.0 Å². The molecular weight excluding hydrogens is 574 g/mol. The highest BCUT2D eigenvalue weighted by Gasteiger charge is 2.30. The van der Waals surface area contributed by atoms with E-state index in [2.05, 4.69) is 21.2 Å². The number of fused-ring (bicyclic) bond motifs is 2. The summed E-state index contributed by atoms with van der Waals surface area (Å²) in [6.45, 7) is 4.60. The number of amides is 2. The molecule has 0 aliphatic carbocycles. The standard InChI is InChI=1S/C32H26BrNO6/c1-3-5-13-39-31(37)20-11-8-16-17-7-10-19-25-22(30(36)34-29(19)35)15-23(33)27(28(17)25)18-9-12-21(26(20)24(16)18)32(38)40-14-6-4-2/h7-12,15H,3-6,13-14H2,1-2H3,(H,34,35,36). The monoisotopic (exact) mass is 599 g/mol. The summed E-state index contributed by atoms with van der Waals surface area (Å²) < 4.78 is 11.8. The van der Waals surface area contributed by atoms with Crippen molar-refractivity contribution in [2.75, 3.05) is 13.2 Å². The SMILES string of the molecule is CCCCOC(=O)c1ccc2c3ccc4c5c(cc(Br)c(c6ccc(C(=O)OCCCC)c1c26)c53)C(=O)NC4=O. The Labute approximate surface area is 238 Å². The zero-order valence-electron chi connectivity index (χ0n) is 22.1. The molecule has 0 atom stereocenters. The molecule has 1 aliphatic rings. The van der Waals surface area contributed by atoms with Crippen LogP contribution in [0.25, 0.3) is 43.1 Å². The zero-order chi connectivity index (χ0) is 28.1. The zero-order valence-corrected chi connectivity index (χ0v) is 23.7. The number of nitrogens with one attached hydrogen (secondary N) is 1. The normalized spacial score (nSPS) is 13.0. The van der Waals surface area contributed by atoms with Crippen LogP contribution in [0.4, 0.5) is 0 Å². The van der Waals surface area contributed by atoms with Gasteiger partial charge in [0.25, 0.3) is 11.8 Å². The van der Waals surface area contributed by atoms with E-state index in [9.17, 15) is 19.2 Å². The van der Waals surface area contributed by atoms with Gasteiger partial charge >= 0.3 is 11.9 Å². The number of ether oxygens (including phenoxy) is 2. The molecule has 7 nitrogen and oxygen atoms in total. The van der Waals surface area contributed by atoms with Crippen molar-refractivity contribution in [2.24, 2.45) is 0 Å². The first-order chi connectivity index (χ1) is 19.4. The summed E-state index contributed by atoms with van der Waals surface area (Å²) in [5, 5.41) is 8.14. The molecule has 8 heteroatoms. The summed E-state index contributed by atoms with van der Waals surface area (Å²) in [5.41, 5.74) is 1.42. The second-order valence-electron chi connectivity index (χ2n) is 10.0. The Balaban J connectivity index is 1.73. The minimum absolute atomic E-state index is 0.282. The fourth-order valence-corrected chi connectivity index (χ4v) is 6.31. The number of hydrogen-bond acceptors (Lipinski definition) is 6. The highest BCUT2D eigenvalue weighted by molar-refractivity contribution is 9.10. The van der Waals surface area contributed by atoms with Crippen LogP contribution in [-0.2, 0) is 9.47 Å². The maximum atomic E-state index is 13.3. The smallest absolute Gasteiger partial charge is 0.338 e. The molecule has 0 saturated heterocycles. The summed E-state index contributed by atoms with van der Waals surface area (Å²) in [5.74, 6) is -1.90. The predicted octanol–water partition coefficient (Wildman–Crippen LogP) is 7.30. The van der Waals surface area contributed by atoms with E-state index in [1.54, 1.807) is 24.3 Å².